The van der Waals surface area contributed by atoms with Gasteiger partial charge in [-0.25, -0.2) is 14.4 Å². The third-order valence-corrected chi connectivity index (χ3v) is 5.27. The normalized spacial score (nSPS) is 17.6. The minimum absolute atomic E-state index is 0. The summed E-state index contributed by atoms with van der Waals surface area (Å²) in [5.41, 5.74) is 0.501. The second-order valence-electron chi connectivity index (χ2n) is 8.36. The maximum absolute atomic E-state index is 14.0. The number of ether oxygens (including phenoxy) is 1. The fourth-order valence-corrected chi connectivity index (χ4v) is 3.75. The molecule has 2 atom stereocenters. The molecular formula is C22H33Cl2FN6O2. The molecule has 184 valence electrons. The lowest BCUT2D eigenvalue weighted by Gasteiger charge is -2.34. The molecule has 33 heavy (non-hydrogen) atoms. The van der Waals surface area contributed by atoms with Crippen LogP contribution in [0.25, 0.3) is 10.9 Å². The summed E-state index contributed by atoms with van der Waals surface area (Å²) in [5.74, 6) is 0.339. The van der Waals surface area contributed by atoms with E-state index in [1.54, 1.807) is 13.2 Å². The van der Waals surface area contributed by atoms with Gasteiger partial charge in [0.2, 0.25) is 5.82 Å². The third kappa shape index (κ3) is 7.94. The number of amidine groups is 1. The third-order valence-electron chi connectivity index (χ3n) is 5.27. The zero-order valence-corrected chi connectivity index (χ0v) is 20.7. The molecule has 1 aliphatic rings. The summed E-state index contributed by atoms with van der Waals surface area (Å²) in [6.07, 6.45) is 3.85. The highest BCUT2D eigenvalue weighted by atomic mass is 35.5. The minimum Gasteiger partial charge on any atom is -0.377 e. The van der Waals surface area contributed by atoms with Gasteiger partial charge in [0, 0.05) is 31.1 Å². The van der Waals surface area contributed by atoms with E-state index in [-0.39, 0.29) is 55.2 Å². The molecule has 0 aliphatic heterocycles. The van der Waals surface area contributed by atoms with Gasteiger partial charge < -0.3 is 20.7 Å². The summed E-state index contributed by atoms with van der Waals surface area (Å²) in [6.45, 7) is 4.75. The van der Waals surface area contributed by atoms with Crippen LogP contribution in [0.5, 0.6) is 0 Å². The molecule has 1 amide bonds. The Balaban J connectivity index is 0.00000272. The van der Waals surface area contributed by atoms with Crippen molar-refractivity contribution in [3.05, 3.63) is 29.8 Å². The number of hydrogen-bond acceptors (Lipinski definition) is 6. The topological polar surface area (TPSA) is 112 Å². The molecule has 1 heterocycles. The van der Waals surface area contributed by atoms with Crippen molar-refractivity contribution >= 4 is 53.3 Å². The number of carbonyl (C=O) groups is 1. The predicted molar refractivity (Wildman–Crippen MR) is 134 cm³/mol. The number of nitrogens with one attached hydrogen (secondary N) is 4. The van der Waals surface area contributed by atoms with E-state index in [2.05, 4.69) is 25.9 Å². The lowest BCUT2D eigenvalue weighted by atomic mass is 9.90. The number of halogens is 3. The summed E-state index contributed by atoms with van der Waals surface area (Å²) in [4.78, 5) is 21.4. The van der Waals surface area contributed by atoms with Crippen LogP contribution < -0.4 is 16.0 Å². The minimum atomic E-state index is -0.392. The van der Waals surface area contributed by atoms with Crippen LogP contribution >= 0.6 is 24.8 Å². The average Bonchev–Trinajstić information content (AvgIpc) is 2.73. The molecule has 4 N–H and O–H groups in total. The van der Waals surface area contributed by atoms with Crippen LogP contribution in [0, 0.1) is 17.1 Å². The van der Waals surface area contributed by atoms with Crippen molar-refractivity contribution in [2.45, 2.75) is 51.6 Å². The van der Waals surface area contributed by atoms with Crippen LogP contribution in [-0.4, -0.2) is 54.1 Å². The van der Waals surface area contributed by atoms with Crippen molar-refractivity contribution in [1.29, 1.82) is 5.41 Å². The maximum atomic E-state index is 14.0. The fraction of sp³-hybridized carbons (Fsp3) is 0.545. The number of fused-ring (bicyclic) bond motifs is 1. The Hall–Kier alpha value is -2.23. The monoisotopic (exact) mass is 502 g/mol. The molecule has 1 aromatic carbocycles. The van der Waals surface area contributed by atoms with Crippen LogP contribution in [0.15, 0.2) is 18.2 Å². The highest BCUT2D eigenvalue weighted by Crippen LogP contribution is 2.27. The van der Waals surface area contributed by atoms with Gasteiger partial charge in [0.1, 0.15) is 24.1 Å². The van der Waals surface area contributed by atoms with E-state index in [1.165, 1.54) is 12.1 Å². The fourth-order valence-electron chi connectivity index (χ4n) is 3.75. The summed E-state index contributed by atoms with van der Waals surface area (Å²) in [7, 11) is 1.56. The predicted octanol–water partition coefficient (Wildman–Crippen LogP) is 3.93. The Labute approximate surface area is 206 Å². The number of nitrogens with zero attached hydrogens (tertiary/aromatic N) is 2. The second kappa shape index (κ2) is 13.5. The van der Waals surface area contributed by atoms with Gasteiger partial charge in [-0.1, -0.05) is 26.7 Å². The molecule has 1 aliphatic carbocycles. The highest BCUT2D eigenvalue weighted by molar-refractivity contribution is 5.96. The number of hydrogen-bond donors (Lipinski definition) is 4. The van der Waals surface area contributed by atoms with Gasteiger partial charge in [-0.3, -0.25) is 10.2 Å². The standard InChI is InChI=1S/C22H31FN6O2.2ClH/c1-13(2)11-25-22(30)21-27-16-9-8-14(23)10-15(16)20(29-21)28-18-7-5-4-6-17(18)26-19(24)12-31-3;;/h8-10,13,17-18H,4-7,11-12H2,1-3H3,(H2,24,26)(H,25,30)(H,27,28,29);2*1H/t17-,18+;;/m1../s1. The molecular weight excluding hydrogens is 470 g/mol. The van der Waals surface area contributed by atoms with Crippen molar-refractivity contribution in [2.75, 3.05) is 25.6 Å². The van der Waals surface area contributed by atoms with E-state index in [0.29, 0.717) is 35.0 Å². The summed E-state index contributed by atoms with van der Waals surface area (Å²) in [6, 6.07) is 4.24. The SMILES string of the molecule is COCC(=N)N[C@@H]1CCCC[C@@H]1Nc1nc(C(=O)NCC(C)C)nc2ccc(F)cc12.Cl.Cl. The van der Waals surface area contributed by atoms with E-state index >= 15 is 0 Å². The van der Waals surface area contributed by atoms with Crippen molar-refractivity contribution in [3.8, 4) is 0 Å². The van der Waals surface area contributed by atoms with Crippen molar-refractivity contribution in [2.24, 2.45) is 5.92 Å². The van der Waals surface area contributed by atoms with Crippen LogP contribution in [0.4, 0.5) is 10.2 Å². The lowest BCUT2D eigenvalue weighted by molar-refractivity contribution is 0.0939. The van der Waals surface area contributed by atoms with Crippen LogP contribution in [0.1, 0.15) is 50.1 Å². The molecule has 2 aromatic rings. The van der Waals surface area contributed by atoms with Gasteiger partial charge in [-0.2, -0.15) is 0 Å². The number of rotatable bonds is 8. The average molecular weight is 503 g/mol. The van der Waals surface area contributed by atoms with Crippen LogP contribution in [0.2, 0.25) is 0 Å². The molecule has 1 saturated carbocycles. The first-order chi connectivity index (χ1) is 14.9. The molecule has 8 nitrogen and oxygen atoms in total. The summed E-state index contributed by atoms with van der Waals surface area (Å²) in [5, 5.41) is 18.0. The molecule has 0 bridgehead atoms. The van der Waals surface area contributed by atoms with Gasteiger partial charge in [-0.05, 0) is 37.0 Å². The smallest absolute Gasteiger partial charge is 0.289 e. The second-order valence-corrected chi connectivity index (χ2v) is 8.36. The van der Waals surface area contributed by atoms with Crippen molar-refractivity contribution < 1.29 is 13.9 Å². The first kappa shape index (κ1) is 28.8. The largest absolute Gasteiger partial charge is 0.377 e. The zero-order valence-electron chi connectivity index (χ0n) is 19.1. The molecule has 11 heteroatoms. The summed E-state index contributed by atoms with van der Waals surface area (Å²) < 4.78 is 19.0. The number of aromatic nitrogens is 2. The molecule has 1 aromatic heterocycles. The molecule has 0 unspecified atom stereocenters. The van der Waals surface area contributed by atoms with Gasteiger partial charge >= 0.3 is 0 Å². The Bertz CT molecular complexity index is 946. The zero-order chi connectivity index (χ0) is 22.4. The van der Waals surface area contributed by atoms with E-state index in [1.807, 2.05) is 13.8 Å². The first-order valence-corrected chi connectivity index (χ1v) is 10.7. The van der Waals surface area contributed by atoms with Gasteiger partial charge in [-0.15, -0.1) is 24.8 Å². The highest BCUT2D eigenvalue weighted by Gasteiger charge is 2.27. The van der Waals surface area contributed by atoms with E-state index < -0.39 is 5.82 Å². The van der Waals surface area contributed by atoms with E-state index in [4.69, 9.17) is 10.1 Å². The molecule has 0 saturated heterocycles. The van der Waals surface area contributed by atoms with E-state index in [0.717, 1.165) is 25.7 Å². The molecule has 3 rings (SSSR count). The maximum Gasteiger partial charge on any atom is 0.289 e. The molecule has 1 fully saturated rings. The lowest BCUT2D eigenvalue weighted by Crippen LogP contribution is -2.49. The molecule has 0 radical (unpaired) electrons. The molecule has 0 spiro atoms. The van der Waals surface area contributed by atoms with Gasteiger partial charge in [0.05, 0.1) is 5.52 Å². The Kier molecular flexibility index (Phi) is 11.8. The van der Waals surface area contributed by atoms with Crippen LogP contribution in [-0.2, 0) is 4.74 Å². The number of methoxy groups -OCH3 is 1. The van der Waals surface area contributed by atoms with Crippen LogP contribution in [0.3, 0.4) is 0 Å². The van der Waals surface area contributed by atoms with Crippen molar-refractivity contribution in [1.82, 2.24) is 20.6 Å². The Morgan fingerprint density at radius 1 is 1.21 bits per heavy atom. The van der Waals surface area contributed by atoms with Gasteiger partial charge in [0.25, 0.3) is 5.91 Å². The Morgan fingerprint density at radius 2 is 1.91 bits per heavy atom. The summed E-state index contributed by atoms with van der Waals surface area (Å²) >= 11 is 0. The number of benzene rings is 1. The number of carbonyl (C=O) groups excluding carboxylic acids is 1. The number of anilines is 1. The van der Waals surface area contributed by atoms with E-state index in [9.17, 15) is 9.18 Å². The first-order valence-electron chi connectivity index (χ1n) is 10.7. The van der Waals surface area contributed by atoms with Crippen molar-refractivity contribution in [3.63, 3.8) is 0 Å². The Morgan fingerprint density at radius 3 is 2.58 bits per heavy atom. The number of amides is 1. The quantitative estimate of drug-likeness (QED) is 0.321. The van der Waals surface area contributed by atoms with Gasteiger partial charge in [0.15, 0.2) is 0 Å².